The van der Waals surface area contributed by atoms with Crippen molar-refractivity contribution in [2.24, 2.45) is 5.73 Å². The van der Waals surface area contributed by atoms with Crippen molar-refractivity contribution in [1.82, 2.24) is 10.2 Å². The lowest BCUT2D eigenvalue weighted by Gasteiger charge is -2.33. The zero-order valence-electron chi connectivity index (χ0n) is 11.8. The third-order valence-corrected chi connectivity index (χ3v) is 3.72. The number of nitrogens with zero attached hydrogens (tertiary/aromatic N) is 1. The Balaban J connectivity index is 1.93. The van der Waals surface area contributed by atoms with Crippen LogP contribution in [0.2, 0.25) is 0 Å². The third-order valence-electron chi connectivity index (χ3n) is 3.72. The van der Waals surface area contributed by atoms with Crippen molar-refractivity contribution in [1.29, 1.82) is 0 Å². The van der Waals surface area contributed by atoms with Crippen LogP contribution in [0.1, 0.15) is 16.1 Å². The zero-order valence-corrected chi connectivity index (χ0v) is 11.8. The van der Waals surface area contributed by atoms with Gasteiger partial charge in [0.1, 0.15) is 11.6 Å². The van der Waals surface area contributed by atoms with Crippen molar-refractivity contribution >= 4 is 22.8 Å². The number of furan rings is 1. The van der Waals surface area contributed by atoms with Crippen molar-refractivity contribution in [2.45, 2.75) is 13.0 Å². The van der Waals surface area contributed by atoms with Crippen LogP contribution in [0.5, 0.6) is 0 Å². The molecular formula is C15H17N3O3. The second-order valence-electron chi connectivity index (χ2n) is 5.27. The SMILES string of the molecule is Cc1ccc2oc(C(=O)N3CCNCC3C(N)=O)cc2c1. The van der Waals surface area contributed by atoms with E-state index in [0.29, 0.717) is 25.2 Å². The molecule has 2 aromatic rings. The number of aryl methyl sites for hydroxylation is 1. The molecule has 1 saturated heterocycles. The van der Waals surface area contributed by atoms with Gasteiger partial charge in [-0.25, -0.2) is 0 Å². The van der Waals surface area contributed by atoms with E-state index in [1.54, 1.807) is 6.07 Å². The van der Waals surface area contributed by atoms with Crippen LogP contribution in [0.4, 0.5) is 0 Å². The number of hydrogen-bond donors (Lipinski definition) is 2. The molecule has 1 unspecified atom stereocenters. The van der Waals surface area contributed by atoms with Gasteiger partial charge in [0.25, 0.3) is 5.91 Å². The van der Waals surface area contributed by atoms with E-state index < -0.39 is 11.9 Å². The number of primary amides is 1. The minimum atomic E-state index is -0.638. The molecule has 1 aliphatic rings. The number of nitrogens with one attached hydrogen (secondary N) is 1. The van der Waals surface area contributed by atoms with E-state index in [1.807, 2.05) is 25.1 Å². The van der Waals surface area contributed by atoms with Crippen LogP contribution in [0.15, 0.2) is 28.7 Å². The standard InChI is InChI=1S/C15H17N3O3/c1-9-2-3-12-10(6-9)7-13(21-12)15(20)18-5-4-17-8-11(18)14(16)19/h2-3,6-7,11,17H,4-5,8H2,1H3,(H2,16,19). The second-order valence-corrected chi connectivity index (χ2v) is 5.27. The molecule has 1 atom stereocenters. The minimum absolute atomic E-state index is 0.240. The van der Waals surface area contributed by atoms with E-state index in [1.165, 1.54) is 4.90 Å². The maximum atomic E-state index is 12.6. The quantitative estimate of drug-likeness (QED) is 0.848. The van der Waals surface area contributed by atoms with E-state index in [0.717, 1.165) is 10.9 Å². The Kier molecular flexibility index (Phi) is 3.39. The maximum Gasteiger partial charge on any atom is 0.290 e. The van der Waals surface area contributed by atoms with Gasteiger partial charge in [0.05, 0.1) is 0 Å². The number of benzene rings is 1. The van der Waals surface area contributed by atoms with Gasteiger partial charge in [-0.15, -0.1) is 0 Å². The zero-order chi connectivity index (χ0) is 15.0. The van der Waals surface area contributed by atoms with Crippen LogP contribution in [0.25, 0.3) is 11.0 Å². The summed E-state index contributed by atoms with van der Waals surface area (Å²) in [4.78, 5) is 25.5. The molecule has 110 valence electrons. The van der Waals surface area contributed by atoms with Gasteiger partial charge in [-0.1, -0.05) is 11.6 Å². The third kappa shape index (κ3) is 2.50. The van der Waals surface area contributed by atoms with Crippen molar-refractivity contribution in [3.8, 4) is 0 Å². The highest BCUT2D eigenvalue weighted by Crippen LogP contribution is 2.22. The average Bonchev–Trinajstić information content (AvgIpc) is 2.89. The Morgan fingerprint density at radius 2 is 2.19 bits per heavy atom. The molecular weight excluding hydrogens is 270 g/mol. The van der Waals surface area contributed by atoms with E-state index >= 15 is 0 Å². The molecule has 0 bridgehead atoms. The predicted molar refractivity (Wildman–Crippen MR) is 77.8 cm³/mol. The average molecular weight is 287 g/mol. The number of carbonyl (C=O) groups excluding carboxylic acids is 2. The summed E-state index contributed by atoms with van der Waals surface area (Å²) in [6.07, 6.45) is 0. The van der Waals surface area contributed by atoms with Crippen LogP contribution in [0, 0.1) is 6.92 Å². The van der Waals surface area contributed by atoms with Gasteiger partial charge in [0.15, 0.2) is 5.76 Å². The molecule has 1 fully saturated rings. The number of nitrogens with two attached hydrogens (primary N) is 1. The summed E-state index contributed by atoms with van der Waals surface area (Å²) in [5.74, 6) is -0.569. The van der Waals surface area contributed by atoms with Crippen molar-refractivity contribution in [3.05, 3.63) is 35.6 Å². The topological polar surface area (TPSA) is 88.6 Å². The summed E-state index contributed by atoms with van der Waals surface area (Å²) in [5, 5.41) is 3.94. The molecule has 2 heterocycles. The van der Waals surface area contributed by atoms with E-state index in [4.69, 9.17) is 10.2 Å². The molecule has 2 amide bonds. The highest BCUT2D eigenvalue weighted by molar-refractivity contribution is 5.98. The fourth-order valence-corrected chi connectivity index (χ4v) is 2.61. The van der Waals surface area contributed by atoms with Gasteiger partial charge < -0.3 is 20.4 Å². The number of carbonyl (C=O) groups is 2. The Bertz CT molecular complexity index is 707. The number of fused-ring (bicyclic) bond motifs is 1. The summed E-state index contributed by atoms with van der Waals surface area (Å²) >= 11 is 0. The molecule has 21 heavy (non-hydrogen) atoms. The Morgan fingerprint density at radius 1 is 1.38 bits per heavy atom. The summed E-state index contributed by atoms with van der Waals surface area (Å²) < 4.78 is 5.60. The molecule has 0 spiro atoms. The number of rotatable bonds is 2. The van der Waals surface area contributed by atoms with Crippen LogP contribution < -0.4 is 11.1 Å². The molecule has 0 saturated carbocycles. The first-order valence-electron chi connectivity index (χ1n) is 6.87. The fraction of sp³-hybridized carbons (Fsp3) is 0.333. The van der Waals surface area contributed by atoms with Crippen molar-refractivity contribution < 1.29 is 14.0 Å². The Morgan fingerprint density at radius 3 is 2.95 bits per heavy atom. The van der Waals surface area contributed by atoms with Gasteiger partial charge in [0.2, 0.25) is 5.91 Å². The van der Waals surface area contributed by atoms with E-state index in [9.17, 15) is 9.59 Å². The summed E-state index contributed by atoms with van der Waals surface area (Å²) in [6, 6.07) is 6.80. The normalized spacial score (nSPS) is 18.9. The van der Waals surface area contributed by atoms with Crippen molar-refractivity contribution in [2.75, 3.05) is 19.6 Å². The molecule has 1 aromatic carbocycles. The number of amides is 2. The highest BCUT2D eigenvalue weighted by atomic mass is 16.3. The first-order valence-corrected chi connectivity index (χ1v) is 6.87. The summed E-state index contributed by atoms with van der Waals surface area (Å²) in [6.45, 7) is 3.42. The molecule has 0 aliphatic carbocycles. The Labute approximate surface area is 121 Å². The summed E-state index contributed by atoms with van der Waals surface area (Å²) in [7, 11) is 0. The van der Waals surface area contributed by atoms with Crippen molar-refractivity contribution in [3.63, 3.8) is 0 Å². The van der Waals surface area contributed by atoms with Crippen LogP contribution in [-0.4, -0.2) is 42.4 Å². The molecule has 6 nitrogen and oxygen atoms in total. The molecule has 3 N–H and O–H groups in total. The van der Waals surface area contributed by atoms with Gasteiger partial charge in [-0.05, 0) is 25.1 Å². The predicted octanol–water partition coefficient (Wildman–Crippen LogP) is 0.641. The van der Waals surface area contributed by atoms with E-state index in [-0.39, 0.29) is 11.7 Å². The molecule has 1 aromatic heterocycles. The van der Waals surface area contributed by atoms with Gasteiger partial charge in [0, 0.05) is 25.0 Å². The lowest BCUT2D eigenvalue weighted by atomic mass is 10.1. The first-order chi connectivity index (χ1) is 10.1. The lowest BCUT2D eigenvalue weighted by molar-refractivity contribution is -0.122. The molecule has 6 heteroatoms. The largest absolute Gasteiger partial charge is 0.451 e. The van der Waals surface area contributed by atoms with Crippen LogP contribution >= 0.6 is 0 Å². The monoisotopic (exact) mass is 287 g/mol. The van der Waals surface area contributed by atoms with Gasteiger partial charge in [-0.3, -0.25) is 9.59 Å². The van der Waals surface area contributed by atoms with Crippen LogP contribution in [0.3, 0.4) is 0 Å². The second kappa shape index (κ2) is 5.21. The fourth-order valence-electron chi connectivity index (χ4n) is 2.61. The van der Waals surface area contributed by atoms with E-state index in [2.05, 4.69) is 5.32 Å². The number of piperazine rings is 1. The highest BCUT2D eigenvalue weighted by Gasteiger charge is 2.32. The minimum Gasteiger partial charge on any atom is -0.451 e. The smallest absolute Gasteiger partial charge is 0.290 e. The maximum absolute atomic E-state index is 12.6. The van der Waals surface area contributed by atoms with Crippen LogP contribution in [-0.2, 0) is 4.79 Å². The van der Waals surface area contributed by atoms with Gasteiger partial charge >= 0.3 is 0 Å². The molecule has 1 aliphatic heterocycles. The Hall–Kier alpha value is -2.34. The number of hydrogen-bond acceptors (Lipinski definition) is 4. The summed E-state index contributed by atoms with van der Waals surface area (Å²) in [5.41, 5.74) is 7.12. The molecule has 0 radical (unpaired) electrons. The lowest BCUT2D eigenvalue weighted by Crippen LogP contribution is -2.58. The first kappa shape index (κ1) is 13.6. The van der Waals surface area contributed by atoms with Gasteiger partial charge in [-0.2, -0.15) is 0 Å². The molecule has 3 rings (SSSR count).